The number of allylic oxidation sites excluding steroid dienone is 1. The molecule has 0 radical (unpaired) electrons. The lowest BCUT2D eigenvalue weighted by Crippen LogP contribution is -2.42. The van der Waals surface area contributed by atoms with Crippen molar-refractivity contribution in [1.82, 2.24) is 0 Å². The lowest BCUT2D eigenvalue weighted by atomic mass is 9.80. The Bertz CT molecular complexity index is 748. The van der Waals surface area contributed by atoms with E-state index in [2.05, 4.69) is 6.07 Å². The highest BCUT2D eigenvalue weighted by molar-refractivity contribution is 5.96. The van der Waals surface area contributed by atoms with Gasteiger partial charge < -0.3 is 18.9 Å². The maximum Gasteiger partial charge on any atom is 0.332 e. The van der Waals surface area contributed by atoms with Gasteiger partial charge in [-0.2, -0.15) is 0 Å². The number of carbonyl (C=O) groups excluding carboxylic acids is 2. The van der Waals surface area contributed by atoms with Crippen molar-refractivity contribution in [2.45, 2.75) is 65.1 Å². The highest BCUT2D eigenvalue weighted by Crippen LogP contribution is 2.35. The number of ketones is 1. The highest BCUT2D eigenvalue weighted by atomic mass is 16.6. The van der Waals surface area contributed by atoms with Crippen molar-refractivity contribution in [2.24, 2.45) is 5.92 Å². The van der Waals surface area contributed by atoms with Crippen LogP contribution in [0.5, 0.6) is 5.75 Å². The van der Waals surface area contributed by atoms with E-state index in [1.54, 1.807) is 0 Å². The van der Waals surface area contributed by atoms with Crippen molar-refractivity contribution < 1.29 is 28.5 Å². The van der Waals surface area contributed by atoms with E-state index in [0.29, 0.717) is 31.6 Å². The molecule has 0 saturated heterocycles. The molecule has 0 N–H and O–H groups in total. The summed E-state index contributed by atoms with van der Waals surface area (Å²) in [5.41, 5.74) is 2.15. The first-order chi connectivity index (χ1) is 14.0. The van der Waals surface area contributed by atoms with Gasteiger partial charge >= 0.3 is 5.97 Å². The normalized spacial score (nSPS) is 23.6. The molecule has 6 nitrogen and oxygen atoms in total. The zero-order chi connectivity index (χ0) is 20.8. The average molecular weight is 402 g/mol. The van der Waals surface area contributed by atoms with Crippen LogP contribution in [0.1, 0.15) is 50.2 Å². The molecule has 1 aliphatic heterocycles. The molecule has 6 heteroatoms. The molecule has 0 aromatic heterocycles. The summed E-state index contributed by atoms with van der Waals surface area (Å²) in [7, 11) is 0. The van der Waals surface area contributed by atoms with Crippen LogP contribution in [0, 0.1) is 19.8 Å². The molecule has 0 amide bonds. The monoisotopic (exact) mass is 402 g/mol. The topological polar surface area (TPSA) is 71.1 Å². The van der Waals surface area contributed by atoms with Crippen molar-refractivity contribution in [3.8, 4) is 5.75 Å². The number of benzene rings is 1. The molecule has 1 saturated carbocycles. The van der Waals surface area contributed by atoms with E-state index in [-0.39, 0.29) is 42.2 Å². The molecule has 0 spiro atoms. The number of carbonyl (C=O) groups is 2. The van der Waals surface area contributed by atoms with Crippen LogP contribution in [0.4, 0.5) is 0 Å². The molecular weight excluding hydrogens is 372 g/mol. The van der Waals surface area contributed by atoms with Gasteiger partial charge in [0, 0.05) is 6.42 Å². The lowest BCUT2D eigenvalue weighted by molar-refractivity contribution is -0.154. The third kappa shape index (κ3) is 5.82. The van der Waals surface area contributed by atoms with E-state index in [9.17, 15) is 9.59 Å². The Morgan fingerprint density at radius 2 is 1.93 bits per heavy atom. The van der Waals surface area contributed by atoms with Crippen molar-refractivity contribution in [3.05, 3.63) is 41.3 Å². The second-order valence-corrected chi connectivity index (χ2v) is 7.87. The maximum absolute atomic E-state index is 12.9. The summed E-state index contributed by atoms with van der Waals surface area (Å²) in [4.78, 5) is 24.6. The van der Waals surface area contributed by atoms with Gasteiger partial charge in [-0.05, 0) is 56.4 Å². The van der Waals surface area contributed by atoms with E-state index in [0.717, 1.165) is 24.0 Å². The maximum atomic E-state index is 12.9. The first kappa shape index (κ1) is 21.4. The van der Waals surface area contributed by atoms with Crippen LogP contribution in [0.2, 0.25) is 0 Å². The molecule has 158 valence electrons. The van der Waals surface area contributed by atoms with E-state index in [1.807, 2.05) is 32.9 Å². The quantitative estimate of drug-likeness (QED) is 0.483. The zero-order valence-corrected chi connectivity index (χ0v) is 17.4. The third-order valence-corrected chi connectivity index (χ3v) is 5.29. The zero-order valence-electron chi connectivity index (χ0n) is 17.4. The van der Waals surface area contributed by atoms with Gasteiger partial charge in [0.2, 0.25) is 11.5 Å². The Balaban J connectivity index is 1.52. The third-order valence-electron chi connectivity index (χ3n) is 5.29. The summed E-state index contributed by atoms with van der Waals surface area (Å²) >= 11 is 0. The number of unbranched alkanes of at least 4 members (excludes halogenated alkanes) is 1. The highest BCUT2D eigenvalue weighted by Gasteiger charge is 2.41. The van der Waals surface area contributed by atoms with Gasteiger partial charge in [0.1, 0.15) is 24.7 Å². The number of Topliss-reactive ketones (excluding diaryl/α,β-unsaturated/α-hetero) is 1. The molecule has 3 unspecified atom stereocenters. The van der Waals surface area contributed by atoms with Gasteiger partial charge in [-0.15, -0.1) is 0 Å². The van der Waals surface area contributed by atoms with Gasteiger partial charge in [-0.25, -0.2) is 4.79 Å². The van der Waals surface area contributed by atoms with Gasteiger partial charge in [0.05, 0.1) is 18.6 Å². The van der Waals surface area contributed by atoms with Crippen LogP contribution in [0.3, 0.4) is 0 Å². The number of hydrogen-bond donors (Lipinski definition) is 0. The summed E-state index contributed by atoms with van der Waals surface area (Å²) in [6.45, 7) is 6.39. The summed E-state index contributed by atoms with van der Waals surface area (Å²) in [5, 5.41) is 0. The van der Waals surface area contributed by atoms with Crippen LogP contribution < -0.4 is 4.74 Å². The molecule has 1 heterocycles. The molecule has 1 aromatic rings. The smallest absolute Gasteiger partial charge is 0.332 e. The molecule has 0 bridgehead atoms. The summed E-state index contributed by atoms with van der Waals surface area (Å²) in [6, 6.07) is 5.85. The number of fused-ring (bicyclic) bond motifs is 1. The Morgan fingerprint density at radius 3 is 2.66 bits per heavy atom. The second-order valence-electron chi connectivity index (χ2n) is 7.87. The summed E-state index contributed by atoms with van der Waals surface area (Å²) < 4.78 is 22.4. The summed E-state index contributed by atoms with van der Waals surface area (Å²) in [5.74, 6) is 0.276. The number of rotatable bonds is 8. The Morgan fingerprint density at radius 1 is 1.17 bits per heavy atom. The Hall–Kier alpha value is -2.34. The minimum atomic E-state index is -0.342. The second kappa shape index (κ2) is 9.92. The molecule has 3 atom stereocenters. The van der Waals surface area contributed by atoms with Crippen LogP contribution in [0.25, 0.3) is 0 Å². The van der Waals surface area contributed by atoms with Gasteiger partial charge in [0.15, 0.2) is 0 Å². The molecule has 29 heavy (non-hydrogen) atoms. The largest absolute Gasteiger partial charge is 0.493 e. The first-order valence-corrected chi connectivity index (χ1v) is 10.4. The molecular formula is C23H30O6. The van der Waals surface area contributed by atoms with Crippen LogP contribution in [0.15, 0.2) is 30.2 Å². The fourth-order valence-electron chi connectivity index (χ4n) is 3.84. The Labute approximate surface area is 172 Å². The van der Waals surface area contributed by atoms with Gasteiger partial charge in [-0.3, -0.25) is 4.79 Å². The van der Waals surface area contributed by atoms with Gasteiger partial charge in [-0.1, -0.05) is 19.4 Å². The van der Waals surface area contributed by atoms with E-state index in [1.165, 1.54) is 6.26 Å². The van der Waals surface area contributed by atoms with Crippen LogP contribution in [-0.4, -0.2) is 37.2 Å². The fraction of sp³-hybridized carbons (Fsp3) is 0.565. The minimum Gasteiger partial charge on any atom is -0.493 e. The van der Waals surface area contributed by atoms with Crippen LogP contribution >= 0.6 is 0 Å². The molecule has 1 aliphatic carbocycles. The van der Waals surface area contributed by atoms with Gasteiger partial charge in [0.25, 0.3) is 0 Å². The van der Waals surface area contributed by atoms with Crippen molar-refractivity contribution >= 4 is 11.8 Å². The fourth-order valence-corrected chi connectivity index (χ4v) is 3.84. The van der Waals surface area contributed by atoms with E-state index in [4.69, 9.17) is 18.9 Å². The first-order valence-electron chi connectivity index (χ1n) is 10.4. The predicted molar refractivity (Wildman–Crippen MR) is 107 cm³/mol. The molecule has 1 aromatic carbocycles. The SMILES string of the molecule is CCCCOC(=O)COC1CCC2C(=O)C(Oc3cc(C)cc(C)c3)=COC2C1. The molecule has 1 fully saturated rings. The number of hydrogen-bond acceptors (Lipinski definition) is 6. The van der Waals surface area contributed by atoms with E-state index >= 15 is 0 Å². The number of ether oxygens (including phenoxy) is 4. The van der Waals surface area contributed by atoms with Crippen LogP contribution in [-0.2, 0) is 23.8 Å². The number of aryl methyl sites for hydroxylation is 2. The lowest BCUT2D eigenvalue weighted by Gasteiger charge is -2.37. The molecule has 2 aliphatic rings. The average Bonchev–Trinajstić information content (AvgIpc) is 2.68. The van der Waals surface area contributed by atoms with Crippen molar-refractivity contribution in [2.75, 3.05) is 13.2 Å². The number of esters is 1. The predicted octanol–water partition coefficient (Wildman–Crippen LogP) is 4.02. The van der Waals surface area contributed by atoms with E-state index < -0.39 is 0 Å². The Kier molecular flexibility index (Phi) is 7.31. The standard InChI is InChI=1S/C23H30O6/c1-4-5-8-26-22(24)14-27-17-6-7-19-20(12-17)28-13-21(23(19)25)29-18-10-15(2)9-16(3)11-18/h9-11,13,17,19-20H,4-8,12,14H2,1-3H3. The van der Waals surface area contributed by atoms with Crippen molar-refractivity contribution in [1.29, 1.82) is 0 Å². The minimum absolute atomic E-state index is 0.0298. The summed E-state index contributed by atoms with van der Waals surface area (Å²) in [6.07, 6.45) is 4.82. The molecule has 3 rings (SSSR count). The van der Waals surface area contributed by atoms with Crippen molar-refractivity contribution in [3.63, 3.8) is 0 Å².